The molecule has 0 atom stereocenters. The predicted molar refractivity (Wildman–Crippen MR) is 67.9 cm³/mol. The third kappa shape index (κ3) is 2.61. The van der Waals surface area contributed by atoms with E-state index in [9.17, 15) is 0 Å². The average molecular weight is 267 g/mol. The van der Waals surface area contributed by atoms with E-state index in [1.165, 1.54) is 13.4 Å². The topological polar surface area (TPSA) is 82.3 Å². The van der Waals surface area contributed by atoms with Gasteiger partial charge in [0.2, 0.25) is 5.75 Å². The van der Waals surface area contributed by atoms with Crippen molar-refractivity contribution >= 4 is 17.4 Å². The van der Waals surface area contributed by atoms with Crippen LogP contribution in [-0.4, -0.2) is 17.1 Å². The molecule has 0 amide bonds. The first kappa shape index (κ1) is 12.4. The normalized spacial score (nSPS) is 9.94. The number of hydrogen-bond donors (Lipinski definition) is 2. The van der Waals surface area contributed by atoms with Crippen molar-refractivity contribution < 1.29 is 9.47 Å². The van der Waals surface area contributed by atoms with Gasteiger partial charge in [-0.2, -0.15) is 4.98 Å². The largest absolute Gasteiger partial charge is 0.489 e. The van der Waals surface area contributed by atoms with E-state index in [0.29, 0.717) is 22.3 Å². The lowest BCUT2D eigenvalue weighted by Gasteiger charge is -2.11. The number of anilines is 1. The molecule has 0 aliphatic carbocycles. The third-order valence-corrected chi connectivity index (χ3v) is 2.36. The Morgan fingerprint density at radius 2 is 2.17 bits per heavy atom. The quantitative estimate of drug-likeness (QED) is 0.652. The maximum Gasteiger partial charge on any atom is 0.268 e. The number of rotatable bonds is 4. The smallest absolute Gasteiger partial charge is 0.268 e. The van der Waals surface area contributed by atoms with Gasteiger partial charge in [0.25, 0.3) is 5.88 Å². The molecule has 0 fully saturated rings. The van der Waals surface area contributed by atoms with Gasteiger partial charge in [-0.1, -0.05) is 17.7 Å². The highest BCUT2D eigenvalue weighted by Crippen LogP contribution is 2.34. The maximum atomic E-state index is 5.87. The second kappa shape index (κ2) is 5.52. The average Bonchev–Trinajstić information content (AvgIpc) is 2.38. The van der Waals surface area contributed by atoms with Crippen molar-refractivity contribution in [3.8, 4) is 17.4 Å². The minimum Gasteiger partial charge on any atom is -0.489 e. The van der Waals surface area contributed by atoms with Gasteiger partial charge in [0.05, 0.1) is 7.11 Å². The summed E-state index contributed by atoms with van der Waals surface area (Å²) in [5, 5.41) is 0.567. The van der Waals surface area contributed by atoms with Crippen LogP contribution in [0.5, 0.6) is 17.4 Å². The molecule has 7 heteroatoms. The fourth-order valence-corrected chi connectivity index (χ4v) is 1.54. The number of nitrogens with one attached hydrogen (secondary N) is 1. The van der Waals surface area contributed by atoms with Crippen LogP contribution in [0.2, 0.25) is 5.02 Å². The Morgan fingerprint density at radius 3 is 2.83 bits per heavy atom. The summed E-state index contributed by atoms with van der Waals surface area (Å²) in [6.45, 7) is 0. The number of ether oxygens (including phenoxy) is 2. The number of nitrogen functional groups attached to an aromatic ring is 1. The molecule has 0 bridgehead atoms. The molecule has 0 unspecified atom stereocenters. The number of nitrogens with two attached hydrogens (primary N) is 1. The molecule has 0 saturated carbocycles. The highest BCUT2D eigenvalue weighted by Gasteiger charge is 2.13. The van der Waals surface area contributed by atoms with Crippen LogP contribution in [0.15, 0.2) is 30.6 Å². The molecule has 1 heterocycles. The van der Waals surface area contributed by atoms with Crippen molar-refractivity contribution in [2.24, 2.45) is 5.84 Å². The van der Waals surface area contributed by atoms with E-state index < -0.39 is 0 Å². The molecule has 6 nitrogen and oxygen atoms in total. The second-order valence-electron chi connectivity index (χ2n) is 3.26. The lowest BCUT2D eigenvalue weighted by molar-refractivity contribution is 0.369. The van der Waals surface area contributed by atoms with Gasteiger partial charge in [-0.05, 0) is 18.2 Å². The van der Waals surface area contributed by atoms with Crippen LogP contribution in [0.4, 0.5) is 5.82 Å². The predicted octanol–water partition coefficient (Wildman–Crippen LogP) is 2.22. The van der Waals surface area contributed by atoms with Crippen molar-refractivity contribution in [3.05, 3.63) is 35.6 Å². The number of hydrazine groups is 1. The Labute approximate surface area is 109 Å². The minimum atomic E-state index is 0.253. The first-order valence-electron chi connectivity index (χ1n) is 5.03. The number of aromatic nitrogens is 2. The zero-order valence-corrected chi connectivity index (χ0v) is 10.3. The van der Waals surface area contributed by atoms with Gasteiger partial charge in [-0.25, -0.2) is 10.8 Å². The summed E-state index contributed by atoms with van der Waals surface area (Å²) in [7, 11) is 1.48. The van der Waals surface area contributed by atoms with E-state index in [-0.39, 0.29) is 5.88 Å². The van der Waals surface area contributed by atoms with Crippen LogP contribution in [0, 0.1) is 0 Å². The van der Waals surface area contributed by atoms with E-state index in [4.69, 9.17) is 26.9 Å². The number of hydrogen-bond acceptors (Lipinski definition) is 6. The molecule has 0 saturated heterocycles. The SMILES string of the molecule is COc1c(NN)ncnc1Oc1cccc(Cl)c1. The molecule has 1 aromatic heterocycles. The van der Waals surface area contributed by atoms with Gasteiger partial charge in [-0.15, -0.1) is 0 Å². The Morgan fingerprint density at radius 1 is 1.33 bits per heavy atom. The summed E-state index contributed by atoms with van der Waals surface area (Å²) < 4.78 is 10.7. The van der Waals surface area contributed by atoms with Crippen molar-refractivity contribution in [2.45, 2.75) is 0 Å². The minimum absolute atomic E-state index is 0.253. The summed E-state index contributed by atoms with van der Waals surface area (Å²) in [5.74, 6) is 6.77. The second-order valence-corrected chi connectivity index (χ2v) is 3.70. The highest BCUT2D eigenvalue weighted by atomic mass is 35.5. The summed E-state index contributed by atoms with van der Waals surface area (Å²) >= 11 is 5.87. The number of methoxy groups -OCH3 is 1. The molecule has 1 aromatic carbocycles. The van der Waals surface area contributed by atoms with E-state index in [0.717, 1.165) is 0 Å². The highest BCUT2D eigenvalue weighted by molar-refractivity contribution is 6.30. The van der Waals surface area contributed by atoms with Crippen LogP contribution in [-0.2, 0) is 0 Å². The fraction of sp³-hybridized carbons (Fsp3) is 0.0909. The molecule has 0 radical (unpaired) electrons. The first-order chi connectivity index (χ1) is 8.74. The molecule has 0 spiro atoms. The summed E-state index contributed by atoms with van der Waals surface area (Å²) in [4.78, 5) is 7.90. The molecule has 2 aromatic rings. The van der Waals surface area contributed by atoms with E-state index in [1.54, 1.807) is 24.3 Å². The Bertz CT molecular complexity index is 550. The van der Waals surface area contributed by atoms with Crippen LogP contribution in [0.25, 0.3) is 0 Å². The molecule has 2 rings (SSSR count). The fourth-order valence-electron chi connectivity index (χ4n) is 1.36. The van der Waals surface area contributed by atoms with Gasteiger partial charge in [0, 0.05) is 5.02 Å². The summed E-state index contributed by atoms with van der Waals surface area (Å²) in [6, 6.07) is 6.94. The standard InChI is InChI=1S/C11H11ClN4O2/c1-17-9-10(16-13)14-6-15-11(9)18-8-4-2-3-7(12)5-8/h2-6H,13H2,1H3,(H,14,15,16). The van der Waals surface area contributed by atoms with Crippen molar-refractivity contribution in [1.82, 2.24) is 9.97 Å². The molecular formula is C11H11ClN4O2. The van der Waals surface area contributed by atoms with E-state index in [2.05, 4.69) is 15.4 Å². The molecule has 94 valence electrons. The molecule has 0 aliphatic rings. The van der Waals surface area contributed by atoms with Gasteiger partial charge >= 0.3 is 0 Å². The van der Waals surface area contributed by atoms with Crippen LogP contribution in [0.1, 0.15) is 0 Å². The molecule has 18 heavy (non-hydrogen) atoms. The first-order valence-corrected chi connectivity index (χ1v) is 5.41. The van der Waals surface area contributed by atoms with E-state index >= 15 is 0 Å². The van der Waals surface area contributed by atoms with Gasteiger partial charge in [0.15, 0.2) is 5.82 Å². The van der Waals surface area contributed by atoms with Crippen LogP contribution in [0.3, 0.4) is 0 Å². The third-order valence-electron chi connectivity index (χ3n) is 2.12. The van der Waals surface area contributed by atoms with Crippen LogP contribution < -0.4 is 20.7 Å². The Kier molecular flexibility index (Phi) is 3.81. The van der Waals surface area contributed by atoms with Crippen molar-refractivity contribution in [3.63, 3.8) is 0 Å². The lowest BCUT2D eigenvalue weighted by atomic mass is 10.3. The molecule has 0 aliphatic heterocycles. The van der Waals surface area contributed by atoms with Gasteiger partial charge in [0.1, 0.15) is 12.1 Å². The zero-order valence-electron chi connectivity index (χ0n) is 9.55. The van der Waals surface area contributed by atoms with Gasteiger partial charge < -0.3 is 14.9 Å². The maximum absolute atomic E-state index is 5.87. The summed E-state index contributed by atoms with van der Waals surface area (Å²) in [6.07, 6.45) is 1.32. The number of nitrogens with zero attached hydrogens (tertiary/aromatic N) is 2. The van der Waals surface area contributed by atoms with E-state index in [1.807, 2.05) is 0 Å². The zero-order chi connectivity index (χ0) is 13.0. The molecule has 3 N–H and O–H groups in total. The van der Waals surface area contributed by atoms with Crippen LogP contribution >= 0.6 is 11.6 Å². The number of benzene rings is 1. The Balaban J connectivity index is 2.34. The van der Waals surface area contributed by atoms with Crippen molar-refractivity contribution in [2.75, 3.05) is 12.5 Å². The van der Waals surface area contributed by atoms with Gasteiger partial charge in [-0.3, -0.25) is 0 Å². The number of halogens is 1. The summed E-state index contributed by atoms with van der Waals surface area (Å²) in [5.41, 5.74) is 2.40. The van der Waals surface area contributed by atoms with Crippen molar-refractivity contribution in [1.29, 1.82) is 0 Å². The Hall–Kier alpha value is -2.05. The molecular weight excluding hydrogens is 256 g/mol. The monoisotopic (exact) mass is 266 g/mol. The lowest BCUT2D eigenvalue weighted by Crippen LogP contribution is -2.10.